The Hall–Kier alpha value is -1.70. The number of imidazole rings is 1. The van der Waals surface area contributed by atoms with E-state index < -0.39 is 10.0 Å². The van der Waals surface area contributed by atoms with Gasteiger partial charge in [-0.2, -0.15) is 4.31 Å². The average Bonchev–Trinajstić information content (AvgIpc) is 3.38. The van der Waals surface area contributed by atoms with Crippen LogP contribution in [0.4, 0.5) is 0 Å². The first kappa shape index (κ1) is 18.7. The van der Waals surface area contributed by atoms with Crippen molar-refractivity contribution in [2.24, 2.45) is 13.0 Å². The minimum Gasteiger partial charge on any atom is -0.337 e. The van der Waals surface area contributed by atoms with Crippen LogP contribution in [0.25, 0.3) is 0 Å². The molecule has 1 aliphatic carbocycles. The first-order chi connectivity index (χ1) is 12.9. The number of aromatic nitrogens is 2. The summed E-state index contributed by atoms with van der Waals surface area (Å²) in [5.74, 6) is 1.89. The molecular weight excluding hydrogens is 360 g/mol. The molecule has 0 amide bonds. The van der Waals surface area contributed by atoms with Crippen molar-refractivity contribution in [1.82, 2.24) is 19.2 Å². The van der Waals surface area contributed by atoms with Crippen LogP contribution in [0.5, 0.6) is 0 Å². The molecule has 4 rings (SSSR count). The second-order valence-electron chi connectivity index (χ2n) is 7.85. The van der Waals surface area contributed by atoms with Gasteiger partial charge in [0, 0.05) is 38.3 Å². The van der Waals surface area contributed by atoms with Gasteiger partial charge in [-0.25, -0.2) is 13.4 Å². The zero-order valence-corrected chi connectivity index (χ0v) is 16.8. The standard InChI is InChI=1S/C20H28N4O2S/c1-15-22-20(14-23(15)2)27(25,26)24-10-8-16(9-11-24)13-21-19-12-18(19)17-6-4-3-5-7-17/h3-7,14,16,18-19,21H,8-13H2,1-2H3/t18-,19+/m0/s1. The first-order valence-electron chi connectivity index (χ1n) is 9.73. The lowest BCUT2D eigenvalue weighted by molar-refractivity contribution is 0.266. The third kappa shape index (κ3) is 3.95. The second kappa shape index (κ2) is 7.37. The van der Waals surface area contributed by atoms with E-state index >= 15 is 0 Å². The molecule has 2 atom stereocenters. The number of sulfonamides is 1. The van der Waals surface area contributed by atoms with E-state index in [9.17, 15) is 8.42 Å². The number of hydrogen-bond donors (Lipinski definition) is 1. The molecule has 1 saturated carbocycles. The van der Waals surface area contributed by atoms with Crippen LogP contribution in [-0.2, 0) is 17.1 Å². The Balaban J connectivity index is 1.26. The monoisotopic (exact) mass is 388 g/mol. The maximum Gasteiger partial charge on any atom is 0.262 e. The summed E-state index contributed by atoms with van der Waals surface area (Å²) < 4.78 is 28.9. The Morgan fingerprint density at radius 3 is 2.52 bits per heavy atom. The van der Waals surface area contributed by atoms with Crippen molar-refractivity contribution in [2.45, 2.75) is 43.2 Å². The highest BCUT2D eigenvalue weighted by molar-refractivity contribution is 7.89. The van der Waals surface area contributed by atoms with Crippen molar-refractivity contribution in [3.8, 4) is 0 Å². The van der Waals surface area contributed by atoms with Crippen LogP contribution in [-0.4, -0.2) is 48.0 Å². The fourth-order valence-electron chi connectivity index (χ4n) is 3.94. The smallest absolute Gasteiger partial charge is 0.262 e. The summed E-state index contributed by atoms with van der Waals surface area (Å²) in [6, 6.07) is 11.2. The molecule has 1 aromatic heterocycles. The second-order valence-corrected chi connectivity index (χ2v) is 9.74. The van der Waals surface area contributed by atoms with Crippen LogP contribution < -0.4 is 5.32 Å². The molecule has 0 bridgehead atoms. The molecule has 2 fully saturated rings. The topological polar surface area (TPSA) is 67.2 Å². The summed E-state index contributed by atoms with van der Waals surface area (Å²) >= 11 is 0. The zero-order valence-electron chi connectivity index (χ0n) is 16.0. The number of hydrogen-bond acceptors (Lipinski definition) is 4. The van der Waals surface area contributed by atoms with Gasteiger partial charge in [0.1, 0.15) is 5.82 Å². The number of piperidine rings is 1. The molecular formula is C20H28N4O2S. The number of benzene rings is 1. The van der Waals surface area contributed by atoms with Gasteiger partial charge in [-0.05, 0) is 44.2 Å². The van der Waals surface area contributed by atoms with E-state index in [4.69, 9.17) is 0 Å². The predicted octanol–water partition coefficient (Wildman–Crippen LogP) is 2.27. The quantitative estimate of drug-likeness (QED) is 0.824. The van der Waals surface area contributed by atoms with Gasteiger partial charge < -0.3 is 9.88 Å². The van der Waals surface area contributed by atoms with Crippen molar-refractivity contribution in [1.29, 1.82) is 0 Å². The average molecular weight is 389 g/mol. The van der Waals surface area contributed by atoms with E-state index in [2.05, 4.69) is 40.6 Å². The lowest BCUT2D eigenvalue weighted by Gasteiger charge is -2.30. The number of aryl methyl sites for hydroxylation is 2. The van der Waals surface area contributed by atoms with Crippen LogP contribution in [0.15, 0.2) is 41.6 Å². The minimum absolute atomic E-state index is 0.169. The Bertz CT molecular complexity index is 866. The van der Waals surface area contributed by atoms with Gasteiger partial charge >= 0.3 is 0 Å². The normalized spacial score (nSPS) is 24.2. The summed E-state index contributed by atoms with van der Waals surface area (Å²) in [5, 5.41) is 3.86. The number of nitrogens with zero attached hydrogens (tertiary/aromatic N) is 3. The summed E-state index contributed by atoms with van der Waals surface area (Å²) in [7, 11) is -1.65. The molecule has 0 spiro atoms. The molecule has 146 valence electrons. The zero-order chi connectivity index (χ0) is 19.0. The molecule has 1 aliphatic heterocycles. The molecule has 0 radical (unpaired) electrons. The van der Waals surface area contributed by atoms with Crippen LogP contribution in [0.3, 0.4) is 0 Å². The van der Waals surface area contributed by atoms with Crippen LogP contribution in [0, 0.1) is 12.8 Å². The molecule has 2 aromatic rings. The molecule has 6 nitrogen and oxygen atoms in total. The first-order valence-corrected chi connectivity index (χ1v) is 11.2. The van der Waals surface area contributed by atoms with E-state index in [-0.39, 0.29) is 5.03 Å². The van der Waals surface area contributed by atoms with Gasteiger partial charge in [-0.1, -0.05) is 30.3 Å². The third-order valence-electron chi connectivity index (χ3n) is 5.95. The van der Waals surface area contributed by atoms with Gasteiger partial charge in [0.2, 0.25) is 0 Å². The lowest BCUT2D eigenvalue weighted by atomic mass is 9.98. The van der Waals surface area contributed by atoms with E-state index in [1.165, 1.54) is 12.0 Å². The Kier molecular flexibility index (Phi) is 5.09. The molecule has 1 aromatic carbocycles. The lowest BCUT2D eigenvalue weighted by Crippen LogP contribution is -2.41. The largest absolute Gasteiger partial charge is 0.337 e. The van der Waals surface area contributed by atoms with E-state index in [0.717, 1.165) is 19.4 Å². The van der Waals surface area contributed by atoms with Crippen molar-refractivity contribution >= 4 is 10.0 Å². The highest BCUT2D eigenvalue weighted by Gasteiger charge is 2.38. The summed E-state index contributed by atoms with van der Waals surface area (Å²) in [6.45, 7) is 3.95. The van der Waals surface area contributed by atoms with Crippen molar-refractivity contribution in [2.75, 3.05) is 19.6 Å². The number of rotatable bonds is 6. The molecule has 7 heteroatoms. The molecule has 0 unspecified atom stereocenters. The number of nitrogens with one attached hydrogen (secondary N) is 1. The maximum absolute atomic E-state index is 12.8. The van der Waals surface area contributed by atoms with Crippen LogP contribution >= 0.6 is 0 Å². The minimum atomic E-state index is -3.47. The summed E-state index contributed by atoms with van der Waals surface area (Å²) in [6.07, 6.45) is 4.62. The van der Waals surface area contributed by atoms with Gasteiger partial charge in [-0.15, -0.1) is 0 Å². The molecule has 27 heavy (non-hydrogen) atoms. The highest BCUT2D eigenvalue weighted by Crippen LogP contribution is 2.40. The fourth-order valence-corrected chi connectivity index (χ4v) is 5.44. The van der Waals surface area contributed by atoms with Gasteiger partial charge in [-0.3, -0.25) is 0 Å². The molecule has 1 saturated heterocycles. The van der Waals surface area contributed by atoms with Crippen LogP contribution in [0.2, 0.25) is 0 Å². The summed E-state index contributed by atoms with van der Waals surface area (Å²) in [4.78, 5) is 4.20. The SMILES string of the molecule is Cc1nc(S(=O)(=O)N2CCC(CN[C@@H]3C[C@H]3c3ccccc3)CC2)cn1C. The van der Waals surface area contributed by atoms with Crippen molar-refractivity contribution < 1.29 is 8.42 Å². The summed E-state index contributed by atoms with van der Waals surface area (Å²) in [5.41, 5.74) is 1.42. The van der Waals surface area contributed by atoms with E-state index in [0.29, 0.717) is 36.8 Å². The van der Waals surface area contributed by atoms with Gasteiger partial charge in [0.25, 0.3) is 10.0 Å². The maximum atomic E-state index is 12.8. The van der Waals surface area contributed by atoms with E-state index in [1.807, 2.05) is 14.0 Å². The molecule has 2 heterocycles. The van der Waals surface area contributed by atoms with Crippen LogP contribution in [0.1, 0.15) is 36.6 Å². The van der Waals surface area contributed by atoms with Crippen molar-refractivity contribution in [3.63, 3.8) is 0 Å². The Morgan fingerprint density at radius 2 is 1.89 bits per heavy atom. The fraction of sp³-hybridized carbons (Fsp3) is 0.550. The highest BCUT2D eigenvalue weighted by atomic mass is 32.2. The van der Waals surface area contributed by atoms with Crippen molar-refractivity contribution in [3.05, 3.63) is 47.9 Å². The Labute approximate surface area is 161 Å². The van der Waals surface area contributed by atoms with E-state index in [1.54, 1.807) is 15.1 Å². The third-order valence-corrected chi connectivity index (χ3v) is 7.72. The van der Waals surface area contributed by atoms with Gasteiger partial charge in [0.05, 0.1) is 0 Å². The Morgan fingerprint density at radius 1 is 1.19 bits per heavy atom. The molecule has 2 aliphatic rings. The predicted molar refractivity (Wildman–Crippen MR) is 105 cm³/mol. The van der Waals surface area contributed by atoms with Gasteiger partial charge in [0.15, 0.2) is 5.03 Å². The molecule has 1 N–H and O–H groups in total.